The van der Waals surface area contributed by atoms with E-state index in [0.717, 1.165) is 30.3 Å². The SMILES string of the molecule is C=CCCCOc1nc(NCC)nc2ccccc12. The lowest BCUT2D eigenvalue weighted by molar-refractivity contribution is 0.304. The number of allylic oxidation sites excluding steroid dienone is 1. The molecule has 0 amide bonds. The second kappa shape index (κ2) is 6.73. The van der Waals surface area contributed by atoms with E-state index in [9.17, 15) is 0 Å². The average molecular weight is 257 g/mol. The molecule has 1 N–H and O–H groups in total. The Balaban J connectivity index is 2.25. The summed E-state index contributed by atoms with van der Waals surface area (Å²) in [4.78, 5) is 8.87. The topological polar surface area (TPSA) is 47.0 Å². The van der Waals surface area contributed by atoms with E-state index in [4.69, 9.17) is 4.74 Å². The van der Waals surface area contributed by atoms with E-state index in [1.165, 1.54) is 0 Å². The Bertz CT molecular complexity index is 554. The Morgan fingerprint density at radius 1 is 1.32 bits per heavy atom. The van der Waals surface area contributed by atoms with E-state index < -0.39 is 0 Å². The number of hydrogen-bond acceptors (Lipinski definition) is 4. The molecule has 0 unspecified atom stereocenters. The lowest BCUT2D eigenvalue weighted by Crippen LogP contribution is -2.06. The van der Waals surface area contributed by atoms with Crippen molar-refractivity contribution in [2.75, 3.05) is 18.5 Å². The van der Waals surface area contributed by atoms with Crippen LogP contribution >= 0.6 is 0 Å². The molecule has 0 atom stereocenters. The van der Waals surface area contributed by atoms with Gasteiger partial charge in [-0.15, -0.1) is 6.58 Å². The number of para-hydroxylation sites is 1. The van der Waals surface area contributed by atoms with E-state index in [1.54, 1.807) is 0 Å². The molecule has 0 fully saturated rings. The predicted octanol–water partition coefficient (Wildman–Crippen LogP) is 3.41. The quantitative estimate of drug-likeness (QED) is 0.610. The molecule has 4 heteroatoms. The fourth-order valence-electron chi connectivity index (χ4n) is 1.79. The van der Waals surface area contributed by atoms with Crippen molar-refractivity contribution in [1.29, 1.82) is 0 Å². The molecule has 0 aliphatic rings. The van der Waals surface area contributed by atoms with Gasteiger partial charge < -0.3 is 10.1 Å². The first-order valence-corrected chi connectivity index (χ1v) is 6.59. The van der Waals surface area contributed by atoms with Crippen LogP contribution < -0.4 is 10.1 Å². The number of anilines is 1. The minimum absolute atomic E-state index is 0.611. The summed E-state index contributed by atoms with van der Waals surface area (Å²) in [6, 6.07) is 7.88. The predicted molar refractivity (Wildman–Crippen MR) is 78.6 cm³/mol. The highest BCUT2D eigenvalue weighted by Crippen LogP contribution is 2.23. The molecule has 0 aliphatic heterocycles. The number of nitrogens with zero attached hydrogens (tertiary/aromatic N) is 2. The summed E-state index contributed by atoms with van der Waals surface area (Å²) in [5.41, 5.74) is 0.896. The Kier molecular flexibility index (Phi) is 4.72. The summed E-state index contributed by atoms with van der Waals surface area (Å²) >= 11 is 0. The van der Waals surface area contributed by atoms with Gasteiger partial charge in [-0.1, -0.05) is 18.2 Å². The van der Waals surface area contributed by atoms with Crippen molar-refractivity contribution in [1.82, 2.24) is 9.97 Å². The molecule has 1 aromatic carbocycles. The van der Waals surface area contributed by atoms with Gasteiger partial charge in [0.25, 0.3) is 0 Å². The summed E-state index contributed by atoms with van der Waals surface area (Å²) < 4.78 is 5.77. The normalized spacial score (nSPS) is 10.4. The fraction of sp³-hybridized carbons (Fsp3) is 0.333. The lowest BCUT2D eigenvalue weighted by Gasteiger charge is -2.10. The molecule has 4 nitrogen and oxygen atoms in total. The first-order chi connectivity index (χ1) is 9.35. The maximum atomic E-state index is 5.77. The summed E-state index contributed by atoms with van der Waals surface area (Å²) in [5.74, 6) is 1.26. The van der Waals surface area contributed by atoms with Gasteiger partial charge in [-0.25, -0.2) is 4.98 Å². The zero-order valence-electron chi connectivity index (χ0n) is 11.2. The summed E-state index contributed by atoms with van der Waals surface area (Å²) in [7, 11) is 0. The molecule has 0 saturated heterocycles. The van der Waals surface area contributed by atoms with Crippen LogP contribution in [-0.4, -0.2) is 23.1 Å². The van der Waals surface area contributed by atoms with Crippen molar-refractivity contribution in [3.63, 3.8) is 0 Å². The van der Waals surface area contributed by atoms with Gasteiger partial charge in [0, 0.05) is 6.54 Å². The fourth-order valence-corrected chi connectivity index (χ4v) is 1.79. The first-order valence-electron chi connectivity index (χ1n) is 6.59. The van der Waals surface area contributed by atoms with Gasteiger partial charge in [-0.3, -0.25) is 0 Å². The number of fused-ring (bicyclic) bond motifs is 1. The third-order valence-electron chi connectivity index (χ3n) is 2.69. The highest BCUT2D eigenvalue weighted by Gasteiger charge is 2.07. The van der Waals surface area contributed by atoms with Crippen LogP contribution in [0.15, 0.2) is 36.9 Å². The molecule has 0 saturated carbocycles. The number of benzene rings is 1. The van der Waals surface area contributed by atoms with Crippen LogP contribution in [0.3, 0.4) is 0 Å². The van der Waals surface area contributed by atoms with Crippen molar-refractivity contribution in [3.8, 4) is 5.88 Å². The van der Waals surface area contributed by atoms with Crippen LogP contribution in [0.1, 0.15) is 19.8 Å². The molecule has 19 heavy (non-hydrogen) atoms. The number of rotatable bonds is 7. The molecule has 2 aromatic rings. The van der Waals surface area contributed by atoms with Crippen molar-refractivity contribution in [2.24, 2.45) is 0 Å². The Morgan fingerprint density at radius 2 is 2.16 bits per heavy atom. The monoisotopic (exact) mass is 257 g/mol. The molecule has 0 bridgehead atoms. The van der Waals surface area contributed by atoms with E-state index in [-0.39, 0.29) is 0 Å². The molecule has 1 heterocycles. The smallest absolute Gasteiger partial charge is 0.226 e. The Hall–Kier alpha value is -2.10. The largest absolute Gasteiger partial charge is 0.477 e. The number of hydrogen-bond donors (Lipinski definition) is 1. The Labute approximate surface area is 113 Å². The molecule has 1 aromatic heterocycles. The molecule has 0 aliphatic carbocycles. The van der Waals surface area contributed by atoms with Crippen LogP contribution in [0, 0.1) is 0 Å². The highest BCUT2D eigenvalue weighted by atomic mass is 16.5. The van der Waals surface area contributed by atoms with Crippen LogP contribution in [0.4, 0.5) is 5.95 Å². The van der Waals surface area contributed by atoms with Gasteiger partial charge in [-0.2, -0.15) is 4.98 Å². The molecular weight excluding hydrogens is 238 g/mol. The van der Waals surface area contributed by atoms with E-state index in [2.05, 4.69) is 21.9 Å². The lowest BCUT2D eigenvalue weighted by atomic mass is 10.2. The maximum absolute atomic E-state index is 5.77. The summed E-state index contributed by atoms with van der Waals surface area (Å²) in [6.45, 7) is 7.14. The number of nitrogens with one attached hydrogen (secondary N) is 1. The maximum Gasteiger partial charge on any atom is 0.226 e. The van der Waals surface area contributed by atoms with Gasteiger partial charge in [-0.05, 0) is 31.9 Å². The summed E-state index contributed by atoms with van der Waals surface area (Å²) in [6.07, 6.45) is 3.78. The minimum atomic E-state index is 0.611. The third-order valence-corrected chi connectivity index (χ3v) is 2.69. The zero-order valence-corrected chi connectivity index (χ0v) is 11.2. The number of unbranched alkanes of at least 4 members (excludes halogenated alkanes) is 1. The van der Waals surface area contributed by atoms with Crippen LogP contribution in [0.2, 0.25) is 0 Å². The van der Waals surface area contributed by atoms with Crippen molar-refractivity contribution < 1.29 is 4.74 Å². The number of ether oxygens (including phenoxy) is 1. The highest BCUT2D eigenvalue weighted by molar-refractivity contribution is 5.84. The second-order valence-corrected chi connectivity index (χ2v) is 4.18. The van der Waals surface area contributed by atoms with E-state index in [1.807, 2.05) is 37.3 Å². The van der Waals surface area contributed by atoms with Gasteiger partial charge in [0.15, 0.2) is 0 Å². The number of aromatic nitrogens is 2. The van der Waals surface area contributed by atoms with Gasteiger partial charge in [0.2, 0.25) is 11.8 Å². The molecule has 0 radical (unpaired) electrons. The standard InChI is InChI=1S/C15H19N3O/c1-3-5-8-11-19-14-12-9-6-7-10-13(12)17-15(18-14)16-4-2/h3,6-7,9-10H,1,4-5,8,11H2,2H3,(H,16,17,18). The second-order valence-electron chi connectivity index (χ2n) is 4.18. The van der Waals surface area contributed by atoms with Crippen molar-refractivity contribution >= 4 is 16.9 Å². The summed E-state index contributed by atoms with van der Waals surface area (Å²) in [5, 5.41) is 4.07. The minimum Gasteiger partial charge on any atom is -0.477 e. The molecule has 0 spiro atoms. The van der Waals surface area contributed by atoms with E-state index in [0.29, 0.717) is 18.4 Å². The van der Waals surface area contributed by atoms with Crippen molar-refractivity contribution in [3.05, 3.63) is 36.9 Å². The zero-order chi connectivity index (χ0) is 13.5. The van der Waals surface area contributed by atoms with Gasteiger partial charge in [0.05, 0.1) is 17.5 Å². The van der Waals surface area contributed by atoms with E-state index >= 15 is 0 Å². The molecule has 100 valence electrons. The average Bonchev–Trinajstić information content (AvgIpc) is 2.44. The third kappa shape index (κ3) is 3.44. The van der Waals surface area contributed by atoms with Crippen molar-refractivity contribution in [2.45, 2.75) is 19.8 Å². The Morgan fingerprint density at radius 3 is 2.95 bits per heavy atom. The van der Waals surface area contributed by atoms with Crippen LogP contribution in [-0.2, 0) is 0 Å². The molecular formula is C15H19N3O. The molecule has 2 rings (SSSR count). The first kappa shape index (κ1) is 13.3. The van der Waals surface area contributed by atoms with Gasteiger partial charge >= 0.3 is 0 Å². The van der Waals surface area contributed by atoms with Gasteiger partial charge in [0.1, 0.15) is 0 Å². The van der Waals surface area contributed by atoms with Crippen LogP contribution in [0.25, 0.3) is 10.9 Å². The van der Waals surface area contributed by atoms with Crippen LogP contribution in [0.5, 0.6) is 5.88 Å².